The fourth-order valence-electron chi connectivity index (χ4n) is 1.46. The monoisotopic (exact) mass is 203 g/mol. The lowest BCUT2D eigenvalue weighted by atomic mass is 9.93. The van der Waals surface area contributed by atoms with Crippen molar-refractivity contribution in [3.8, 4) is 0 Å². The Bertz CT molecular complexity index is 317. The summed E-state index contributed by atoms with van der Waals surface area (Å²) in [6.45, 7) is 2.02. The molecule has 0 saturated heterocycles. The normalized spacial score (nSPS) is 12.1. The van der Waals surface area contributed by atoms with Crippen molar-refractivity contribution in [1.82, 2.24) is 0 Å². The van der Waals surface area contributed by atoms with E-state index in [1.54, 1.807) is 12.1 Å². The number of hydrogen-bond acceptors (Lipinski definition) is 2. The maximum absolute atomic E-state index is 11.7. The molecule has 1 aromatic rings. The molecule has 15 heavy (non-hydrogen) atoms. The van der Waals surface area contributed by atoms with Gasteiger partial charge in [0.25, 0.3) is 0 Å². The summed E-state index contributed by atoms with van der Waals surface area (Å²) in [5.41, 5.74) is 0.744. The van der Waals surface area contributed by atoms with Crippen LogP contribution in [0.2, 0.25) is 0 Å². The third-order valence-electron chi connectivity index (χ3n) is 2.35. The summed E-state index contributed by atoms with van der Waals surface area (Å²) in [6, 6.07) is 9.10. The molecule has 0 aliphatic heterocycles. The van der Waals surface area contributed by atoms with Crippen LogP contribution in [-0.4, -0.2) is 12.1 Å². The lowest BCUT2D eigenvalue weighted by Crippen LogP contribution is -2.13. The summed E-state index contributed by atoms with van der Waals surface area (Å²) in [5, 5.41) is 0. The van der Waals surface area contributed by atoms with Gasteiger partial charge in [-0.15, -0.1) is 0 Å². The highest BCUT2D eigenvalue weighted by Gasteiger charge is 2.19. The molecule has 0 aliphatic rings. The second kappa shape index (κ2) is 6.12. The lowest BCUT2D eigenvalue weighted by molar-refractivity contribution is -0.119. The Morgan fingerprint density at radius 2 is 2.00 bits per heavy atom. The molecule has 2 heteroatoms. The summed E-state index contributed by atoms with van der Waals surface area (Å²) in [4.78, 5) is 22.4. The standard InChI is InChI=1S/C13H15O2/c1-2-3-9-13(15)12(10-14)11-7-5-4-6-8-11/h4-8,12H,2-3,9H2,1H3. The molecule has 1 radical (unpaired) electrons. The molecule has 0 bridgehead atoms. The van der Waals surface area contributed by atoms with Gasteiger partial charge in [0.15, 0.2) is 0 Å². The minimum absolute atomic E-state index is 0.0296. The number of hydrogen-bond donors (Lipinski definition) is 0. The molecule has 0 amide bonds. The molecule has 1 atom stereocenters. The van der Waals surface area contributed by atoms with Gasteiger partial charge in [0, 0.05) is 6.42 Å². The van der Waals surface area contributed by atoms with E-state index in [-0.39, 0.29) is 5.78 Å². The van der Waals surface area contributed by atoms with Crippen molar-refractivity contribution < 1.29 is 9.59 Å². The number of ketones is 1. The molecule has 1 aromatic carbocycles. The fourth-order valence-corrected chi connectivity index (χ4v) is 1.46. The molecule has 0 spiro atoms. The van der Waals surface area contributed by atoms with Crippen LogP contribution in [0.25, 0.3) is 0 Å². The number of benzene rings is 1. The summed E-state index contributed by atoms with van der Waals surface area (Å²) in [5.74, 6) is -0.726. The molecule has 0 N–H and O–H groups in total. The molecular formula is C13H15O2. The van der Waals surface area contributed by atoms with Crippen molar-refractivity contribution in [3.63, 3.8) is 0 Å². The summed E-state index contributed by atoms with van der Waals surface area (Å²) in [7, 11) is 0. The summed E-state index contributed by atoms with van der Waals surface area (Å²) in [6.07, 6.45) is 4.09. The third-order valence-corrected chi connectivity index (χ3v) is 2.35. The number of Topliss-reactive ketones (excluding diaryl/α,β-unsaturated/α-hetero) is 1. The highest BCUT2D eigenvalue weighted by molar-refractivity contribution is 5.99. The highest BCUT2D eigenvalue weighted by Crippen LogP contribution is 2.16. The van der Waals surface area contributed by atoms with Crippen LogP contribution in [0, 0.1) is 0 Å². The van der Waals surface area contributed by atoms with Crippen LogP contribution in [0.3, 0.4) is 0 Å². The van der Waals surface area contributed by atoms with Gasteiger partial charge >= 0.3 is 0 Å². The fraction of sp³-hybridized carbons (Fsp3) is 0.385. The van der Waals surface area contributed by atoms with Crippen molar-refractivity contribution in [1.29, 1.82) is 0 Å². The Morgan fingerprint density at radius 3 is 2.53 bits per heavy atom. The molecule has 79 valence electrons. The van der Waals surface area contributed by atoms with E-state index in [2.05, 4.69) is 0 Å². The van der Waals surface area contributed by atoms with Gasteiger partial charge in [0.05, 0.1) is 0 Å². The smallest absolute Gasteiger partial charge is 0.214 e. The van der Waals surface area contributed by atoms with Gasteiger partial charge in [0.1, 0.15) is 11.7 Å². The average Bonchev–Trinajstić information content (AvgIpc) is 2.29. The Labute approximate surface area is 90.3 Å². The van der Waals surface area contributed by atoms with Crippen LogP contribution in [0.1, 0.15) is 37.7 Å². The summed E-state index contributed by atoms with van der Waals surface area (Å²) < 4.78 is 0. The van der Waals surface area contributed by atoms with Gasteiger partial charge in [-0.1, -0.05) is 43.7 Å². The molecule has 1 rings (SSSR count). The van der Waals surface area contributed by atoms with Gasteiger partial charge in [-0.2, -0.15) is 0 Å². The maximum atomic E-state index is 11.7. The van der Waals surface area contributed by atoms with Crippen LogP contribution in [0.4, 0.5) is 0 Å². The average molecular weight is 203 g/mol. The quantitative estimate of drug-likeness (QED) is 0.666. The first kappa shape index (κ1) is 11.6. The zero-order chi connectivity index (χ0) is 11.1. The largest absolute Gasteiger partial charge is 0.299 e. The zero-order valence-electron chi connectivity index (χ0n) is 8.90. The maximum Gasteiger partial charge on any atom is 0.214 e. The van der Waals surface area contributed by atoms with E-state index in [1.165, 1.54) is 0 Å². The molecule has 1 unspecified atom stereocenters. The van der Waals surface area contributed by atoms with Gasteiger partial charge in [-0.3, -0.25) is 9.59 Å². The number of carbonyl (C=O) groups is 1. The van der Waals surface area contributed by atoms with Crippen LogP contribution < -0.4 is 0 Å². The first-order chi connectivity index (χ1) is 7.29. The number of unbranched alkanes of at least 4 members (excludes halogenated alkanes) is 1. The SMILES string of the molecule is CCCCC(=O)C([C]=O)c1ccccc1. The Morgan fingerprint density at radius 1 is 1.33 bits per heavy atom. The van der Waals surface area contributed by atoms with Gasteiger partial charge in [-0.05, 0) is 12.0 Å². The predicted molar refractivity (Wildman–Crippen MR) is 59.4 cm³/mol. The van der Waals surface area contributed by atoms with Crippen molar-refractivity contribution in [2.45, 2.75) is 32.1 Å². The van der Waals surface area contributed by atoms with Crippen molar-refractivity contribution in [2.24, 2.45) is 0 Å². The van der Waals surface area contributed by atoms with Crippen LogP contribution >= 0.6 is 0 Å². The first-order valence-corrected chi connectivity index (χ1v) is 5.25. The van der Waals surface area contributed by atoms with E-state index in [0.717, 1.165) is 18.4 Å². The second-order valence-electron chi connectivity index (χ2n) is 3.53. The van der Waals surface area contributed by atoms with E-state index < -0.39 is 5.92 Å². The lowest BCUT2D eigenvalue weighted by Gasteiger charge is -2.07. The molecule has 0 heterocycles. The van der Waals surface area contributed by atoms with Crippen molar-refractivity contribution in [3.05, 3.63) is 35.9 Å². The van der Waals surface area contributed by atoms with E-state index in [9.17, 15) is 9.59 Å². The van der Waals surface area contributed by atoms with E-state index in [0.29, 0.717) is 6.42 Å². The third kappa shape index (κ3) is 3.31. The second-order valence-corrected chi connectivity index (χ2v) is 3.53. The molecule has 0 aliphatic carbocycles. The van der Waals surface area contributed by atoms with E-state index >= 15 is 0 Å². The first-order valence-electron chi connectivity index (χ1n) is 5.25. The predicted octanol–water partition coefficient (Wildman–Crippen LogP) is 2.64. The molecule has 0 saturated carbocycles. The van der Waals surface area contributed by atoms with Crippen LogP contribution in [-0.2, 0) is 9.59 Å². The van der Waals surface area contributed by atoms with E-state index in [1.807, 2.05) is 31.4 Å². The molecule has 0 aromatic heterocycles. The summed E-state index contributed by atoms with van der Waals surface area (Å²) >= 11 is 0. The Hall–Kier alpha value is -1.44. The molecular weight excluding hydrogens is 188 g/mol. The van der Waals surface area contributed by atoms with Crippen LogP contribution in [0.5, 0.6) is 0 Å². The minimum atomic E-state index is -0.697. The van der Waals surface area contributed by atoms with Gasteiger partial charge < -0.3 is 0 Å². The number of rotatable bonds is 6. The van der Waals surface area contributed by atoms with Gasteiger partial charge in [0.2, 0.25) is 6.29 Å². The Kier molecular flexibility index (Phi) is 4.75. The van der Waals surface area contributed by atoms with Crippen molar-refractivity contribution in [2.75, 3.05) is 0 Å². The minimum Gasteiger partial charge on any atom is -0.299 e. The number of carbonyl (C=O) groups excluding carboxylic acids is 2. The van der Waals surface area contributed by atoms with Crippen LogP contribution in [0.15, 0.2) is 30.3 Å². The molecule has 2 nitrogen and oxygen atoms in total. The highest BCUT2D eigenvalue weighted by atomic mass is 16.1. The zero-order valence-corrected chi connectivity index (χ0v) is 8.90. The van der Waals surface area contributed by atoms with Gasteiger partial charge in [-0.25, -0.2) is 0 Å². The van der Waals surface area contributed by atoms with Crippen molar-refractivity contribution >= 4 is 12.1 Å². The van der Waals surface area contributed by atoms with E-state index in [4.69, 9.17) is 0 Å². The topological polar surface area (TPSA) is 34.1 Å². The Balaban J connectivity index is 2.72. The molecule has 0 fully saturated rings.